The third-order valence-electron chi connectivity index (χ3n) is 6.84. The maximum absolute atomic E-state index is 12.9. The molecule has 4 aromatic rings. The fourth-order valence-electron chi connectivity index (χ4n) is 4.79. The lowest BCUT2D eigenvalue weighted by Crippen LogP contribution is -2.29. The predicted molar refractivity (Wildman–Crippen MR) is 178 cm³/mol. The predicted octanol–water partition coefficient (Wildman–Crippen LogP) is 8.81. The van der Waals surface area contributed by atoms with Gasteiger partial charge in [0.1, 0.15) is 0 Å². The summed E-state index contributed by atoms with van der Waals surface area (Å²) in [5.74, 6) is 0.664. The maximum atomic E-state index is 12.9. The summed E-state index contributed by atoms with van der Waals surface area (Å²) in [6, 6.07) is 26.6. The topological polar surface area (TPSA) is 65.3 Å². The van der Waals surface area contributed by atoms with Crippen molar-refractivity contribution in [2.24, 2.45) is 9.98 Å². The summed E-state index contributed by atoms with van der Waals surface area (Å²) in [5.41, 5.74) is 7.02. The average Bonchev–Trinajstić information content (AvgIpc) is 3.52. The van der Waals surface area contributed by atoms with E-state index in [1.165, 1.54) is 23.5 Å². The Morgan fingerprint density at radius 2 is 0.976 bits per heavy atom. The van der Waals surface area contributed by atoms with Crippen LogP contribution in [0.15, 0.2) is 94.9 Å². The van der Waals surface area contributed by atoms with Crippen LogP contribution in [0, 0.1) is 13.8 Å². The zero-order valence-electron chi connectivity index (χ0n) is 22.7. The van der Waals surface area contributed by atoms with Gasteiger partial charge in [0.05, 0.1) is 34.3 Å². The molecule has 0 saturated carbocycles. The molecule has 6 nitrogen and oxygen atoms in total. The number of carbonyl (C=O) groups excluding carboxylic acids is 2. The molecule has 2 heterocycles. The first-order chi connectivity index (χ1) is 20.3. The Kier molecular flexibility index (Phi) is 8.14. The van der Waals surface area contributed by atoms with Gasteiger partial charge in [-0.3, -0.25) is 19.4 Å². The van der Waals surface area contributed by atoms with Gasteiger partial charge in [0.2, 0.25) is 11.8 Å². The molecule has 4 aromatic carbocycles. The number of rotatable bonds is 5. The number of hydrogen-bond acceptors (Lipinski definition) is 6. The molecule has 0 unspecified atom stereocenters. The van der Waals surface area contributed by atoms with E-state index in [0.717, 1.165) is 45.0 Å². The number of aryl methyl sites for hydroxylation is 2. The van der Waals surface area contributed by atoms with Crippen molar-refractivity contribution in [1.29, 1.82) is 0 Å². The monoisotopic (exact) mass is 630 g/mol. The number of aliphatic imine (C=N–C) groups is 2. The van der Waals surface area contributed by atoms with Gasteiger partial charge in [-0.15, -0.1) is 0 Å². The highest BCUT2D eigenvalue weighted by atomic mass is 35.5. The second kappa shape index (κ2) is 12.0. The Bertz CT molecular complexity index is 1640. The largest absolute Gasteiger partial charge is 0.273 e. The summed E-state index contributed by atoms with van der Waals surface area (Å²) in [7, 11) is 0. The van der Waals surface area contributed by atoms with Crippen LogP contribution in [0.1, 0.15) is 11.1 Å². The fourth-order valence-corrected chi connectivity index (χ4v) is 6.80. The van der Waals surface area contributed by atoms with Gasteiger partial charge in [0, 0.05) is 10.0 Å². The Labute approximate surface area is 262 Å². The normalized spacial score (nSPS) is 17.2. The smallest absolute Gasteiger partial charge is 0.243 e. The number of amides is 2. The van der Waals surface area contributed by atoms with Gasteiger partial charge in [-0.1, -0.05) is 58.9 Å². The SMILES string of the molecule is Cc1cc(-c2ccc(N3C(=O)CSC3=Nc3ccc(Cl)cc3)c(C)c2)ccc1N1C(=O)CSC1=Nc1ccc(Cl)cc1. The molecule has 0 bridgehead atoms. The third kappa shape index (κ3) is 5.85. The minimum atomic E-state index is -0.00650. The number of anilines is 2. The van der Waals surface area contributed by atoms with Crippen LogP contribution in [-0.4, -0.2) is 33.7 Å². The molecule has 6 rings (SSSR count). The summed E-state index contributed by atoms with van der Waals surface area (Å²) < 4.78 is 0. The summed E-state index contributed by atoms with van der Waals surface area (Å²) in [4.78, 5) is 38.5. The Morgan fingerprint density at radius 1 is 0.595 bits per heavy atom. The van der Waals surface area contributed by atoms with Crippen LogP contribution in [-0.2, 0) is 9.59 Å². The molecule has 0 aromatic heterocycles. The van der Waals surface area contributed by atoms with Gasteiger partial charge < -0.3 is 0 Å². The third-order valence-corrected chi connectivity index (χ3v) is 9.19. The molecule has 0 atom stereocenters. The molecule has 2 amide bonds. The van der Waals surface area contributed by atoms with Gasteiger partial charge in [0.25, 0.3) is 0 Å². The van der Waals surface area contributed by atoms with Crippen molar-refractivity contribution in [1.82, 2.24) is 0 Å². The standard InChI is InChI=1S/C32H24Cl2N4O2S2/c1-19-15-21(3-13-27(19)37-29(39)17-41-31(37)35-25-9-5-23(33)6-10-25)22-4-14-28(20(2)16-22)38-30(40)18-42-32(38)36-26-11-7-24(34)8-12-26/h3-16H,17-18H2,1-2H3. The van der Waals surface area contributed by atoms with E-state index in [2.05, 4.69) is 12.1 Å². The summed E-state index contributed by atoms with van der Waals surface area (Å²) in [5, 5.41) is 2.56. The van der Waals surface area contributed by atoms with E-state index < -0.39 is 0 Å². The number of carbonyl (C=O) groups is 2. The van der Waals surface area contributed by atoms with Crippen LogP contribution >= 0.6 is 46.7 Å². The number of nitrogens with zero attached hydrogens (tertiary/aromatic N) is 4. The minimum absolute atomic E-state index is 0.00650. The van der Waals surface area contributed by atoms with Gasteiger partial charge in [-0.2, -0.15) is 0 Å². The molecular weight excluding hydrogens is 607 g/mol. The van der Waals surface area contributed by atoms with Gasteiger partial charge in [-0.25, -0.2) is 9.98 Å². The lowest BCUT2D eigenvalue weighted by atomic mass is 9.99. The van der Waals surface area contributed by atoms with E-state index in [9.17, 15) is 9.59 Å². The molecule has 2 aliphatic rings. The number of thioether (sulfide) groups is 2. The Balaban J connectivity index is 1.28. The van der Waals surface area contributed by atoms with E-state index >= 15 is 0 Å². The number of halogens is 2. The van der Waals surface area contributed by atoms with Crippen LogP contribution in [0.25, 0.3) is 11.1 Å². The van der Waals surface area contributed by atoms with Crippen LogP contribution in [0.5, 0.6) is 0 Å². The van der Waals surface area contributed by atoms with Crippen molar-refractivity contribution < 1.29 is 9.59 Å². The fraction of sp³-hybridized carbons (Fsp3) is 0.125. The lowest BCUT2D eigenvalue weighted by Gasteiger charge is -2.21. The molecule has 2 fully saturated rings. The second-order valence-corrected chi connectivity index (χ2v) is 12.5. The van der Waals surface area contributed by atoms with E-state index in [1.54, 1.807) is 34.1 Å². The second-order valence-electron chi connectivity index (χ2n) is 9.78. The van der Waals surface area contributed by atoms with E-state index in [-0.39, 0.29) is 11.8 Å². The van der Waals surface area contributed by atoms with E-state index in [1.807, 2.05) is 62.4 Å². The highest BCUT2D eigenvalue weighted by Crippen LogP contribution is 2.36. The molecule has 0 aliphatic carbocycles. The highest BCUT2D eigenvalue weighted by molar-refractivity contribution is 8.15. The summed E-state index contributed by atoms with van der Waals surface area (Å²) >= 11 is 14.9. The van der Waals surface area contributed by atoms with Crippen molar-refractivity contribution >= 4 is 91.6 Å². The lowest BCUT2D eigenvalue weighted by molar-refractivity contribution is -0.115. The summed E-state index contributed by atoms with van der Waals surface area (Å²) in [6.45, 7) is 3.99. The maximum Gasteiger partial charge on any atom is 0.243 e. The number of hydrogen-bond donors (Lipinski definition) is 0. The highest BCUT2D eigenvalue weighted by Gasteiger charge is 2.32. The molecule has 0 spiro atoms. The average molecular weight is 632 g/mol. The van der Waals surface area contributed by atoms with E-state index in [0.29, 0.717) is 31.9 Å². The quantitative estimate of drug-likeness (QED) is 0.221. The van der Waals surface area contributed by atoms with Gasteiger partial charge in [0.15, 0.2) is 10.3 Å². The first kappa shape index (κ1) is 28.6. The molecule has 2 saturated heterocycles. The molecular formula is C32H24Cl2N4O2S2. The van der Waals surface area contributed by atoms with Crippen molar-refractivity contribution in [2.45, 2.75) is 13.8 Å². The van der Waals surface area contributed by atoms with Crippen LogP contribution in [0.4, 0.5) is 22.7 Å². The van der Waals surface area contributed by atoms with Gasteiger partial charge >= 0.3 is 0 Å². The molecule has 0 N–H and O–H groups in total. The van der Waals surface area contributed by atoms with Crippen molar-refractivity contribution in [3.8, 4) is 11.1 Å². The molecule has 2 aliphatic heterocycles. The first-order valence-electron chi connectivity index (χ1n) is 13.1. The molecule has 42 heavy (non-hydrogen) atoms. The van der Waals surface area contributed by atoms with Crippen molar-refractivity contribution in [3.63, 3.8) is 0 Å². The van der Waals surface area contributed by atoms with Gasteiger partial charge in [-0.05, 0) is 109 Å². The molecule has 210 valence electrons. The van der Waals surface area contributed by atoms with Crippen molar-refractivity contribution in [3.05, 3.63) is 106 Å². The number of benzene rings is 4. The molecule has 10 heteroatoms. The zero-order valence-corrected chi connectivity index (χ0v) is 25.8. The first-order valence-corrected chi connectivity index (χ1v) is 15.8. The Hall–Kier alpha value is -3.56. The Morgan fingerprint density at radius 3 is 1.33 bits per heavy atom. The number of amidine groups is 2. The zero-order chi connectivity index (χ0) is 29.4. The molecule has 0 radical (unpaired) electrons. The van der Waals surface area contributed by atoms with Crippen LogP contribution in [0.3, 0.4) is 0 Å². The van der Waals surface area contributed by atoms with E-state index in [4.69, 9.17) is 33.2 Å². The van der Waals surface area contributed by atoms with Crippen LogP contribution < -0.4 is 9.80 Å². The minimum Gasteiger partial charge on any atom is -0.273 e. The van der Waals surface area contributed by atoms with Crippen LogP contribution in [0.2, 0.25) is 10.0 Å². The van der Waals surface area contributed by atoms with Crippen molar-refractivity contribution in [2.75, 3.05) is 21.3 Å². The summed E-state index contributed by atoms with van der Waals surface area (Å²) in [6.07, 6.45) is 0.